The Bertz CT molecular complexity index is 828. The van der Waals surface area contributed by atoms with E-state index in [-0.39, 0.29) is 18.2 Å². The molecule has 0 aliphatic rings. The number of carbonyl (C=O) groups excluding carboxylic acids is 1. The summed E-state index contributed by atoms with van der Waals surface area (Å²) in [5.74, 6) is 0.419. The summed E-state index contributed by atoms with van der Waals surface area (Å²) in [5, 5.41) is 4.40. The molecule has 0 atom stereocenters. The first kappa shape index (κ1) is 15.2. The van der Waals surface area contributed by atoms with Crippen molar-refractivity contribution in [2.24, 2.45) is 0 Å². The van der Waals surface area contributed by atoms with Gasteiger partial charge in [0.2, 0.25) is 5.82 Å². The number of nitrogens with zero attached hydrogens (tertiary/aromatic N) is 3. The van der Waals surface area contributed by atoms with Gasteiger partial charge in [0.1, 0.15) is 5.76 Å². The van der Waals surface area contributed by atoms with Crippen molar-refractivity contribution in [1.82, 2.24) is 15.1 Å². The maximum atomic E-state index is 11.9. The van der Waals surface area contributed by atoms with E-state index < -0.39 is 5.97 Å². The first-order valence-electron chi connectivity index (χ1n) is 6.85. The topological polar surface area (TPSA) is 91.2 Å². The van der Waals surface area contributed by atoms with E-state index in [0.29, 0.717) is 28.6 Å². The number of ether oxygens (including phenoxy) is 1. The van der Waals surface area contributed by atoms with Crippen LogP contribution in [0, 0.1) is 0 Å². The van der Waals surface area contributed by atoms with Crippen LogP contribution in [-0.2, 0) is 17.8 Å². The third kappa shape index (κ3) is 3.40. The standard InChI is InChI=1S/C15H12ClN3O4/c1-2-11-13(17-8-22-11)15(20)21-7-12-18-14(19-23-12)9-4-3-5-10(16)6-9/h3-6,8H,2,7H2,1H3. The fourth-order valence-corrected chi connectivity index (χ4v) is 2.13. The van der Waals surface area contributed by atoms with E-state index in [4.69, 9.17) is 25.3 Å². The van der Waals surface area contributed by atoms with Gasteiger partial charge in [-0.15, -0.1) is 0 Å². The van der Waals surface area contributed by atoms with Crippen LogP contribution in [0.5, 0.6) is 0 Å². The van der Waals surface area contributed by atoms with Gasteiger partial charge in [0.15, 0.2) is 18.7 Å². The number of hydrogen-bond acceptors (Lipinski definition) is 7. The second-order valence-electron chi connectivity index (χ2n) is 4.58. The van der Waals surface area contributed by atoms with Gasteiger partial charge in [0, 0.05) is 17.0 Å². The first-order chi connectivity index (χ1) is 11.2. The highest BCUT2D eigenvalue weighted by molar-refractivity contribution is 6.30. The molecule has 0 spiro atoms. The molecule has 2 aromatic heterocycles. The Balaban J connectivity index is 1.67. The molecule has 0 saturated heterocycles. The van der Waals surface area contributed by atoms with Gasteiger partial charge >= 0.3 is 5.97 Å². The molecule has 0 aliphatic heterocycles. The van der Waals surface area contributed by atoms with E-state index in [1.54, 1.807) is 24.3 Å². The highest BCUT2D eigenvalue weighted by atomic mass is 35.5. The quantitative estimate of drug-likeness (QED) is 0.661. The number of halogens is 1. The predicted molar refractivity (Wildman–Crippen MR) is 79.7 cm³/mol. The van der Waals surface area contributed by atoms with Gasteiger partial charge in [-0.3, -0.25) is 0 Å². The number of oxazole rings is 1. The molecule has 0 aliphatic carbocycles. The van der Waals surface area contributed by atoms with Crippen molar-refractivity contribution in [3.8, 4) is 11.4 Å². The molecule has 118 valence electrons. The summed E-state index contributed by atoms with van der Waals surface area (Å²) < 4.78 is 15.2. The summed E-state index contributed by atoms with van der Waals surface area (Å²) in [5.41, 5.74) is 0.866. The number of carbonyl (C=O) groups is 1. The van der Waals surface area contributed by atoms with Crippen molar-refractivity contribution in [1.29, 1.82) is 0 Å². The van der Waals surface area contributed by atoms with E-state index in [2.05, 4.69) is 15.1 Å². The molecule has 3 aromatic rings. The Morgan fingerprint density at radius 3 is 3.04 bits per heavy atom. The average Bonchev–Trinajstić information content (AvgIpc) is 3.21. The van der Waals surface area contributed by atoms with E-state index in [1.165, 1.54) is 6.39 Å². The van der Waals surface area contributed by atoms with Gasteiger partial charge < -0.3 is 13.7 Å². The fraction of sp³-hybridized carbons (Fsp3) is 0.200. The molecule has 0 bridgehead atoms. The van der Waals surface area contributed by atoms with E-state index in [9.17, 15) is 4.79 Å². The third-order valence-electron chi connectivity index (χ3n) is 3.03. The Morgan fingerprint density at radius 1 is 1.39 bits per heavy atom. The zero-order valence-electron chi connectivity index (χ0n) is 12.2. The Labute approximate surface area is 136 Å². The van der Waals surface area contributed by atoms with Crippen LogP contribution in [0.15, 0.2) is 39.6 Å². The third-order valence-corrected chi connectivity index (χ3v) is 3.27. The SMILES string of the molecule is CCc1ocnc1C(=O)OCc1nc(-c2cccc(Cl)c2)no1. The van der Waals surface area contributed by atoms with Crippen molar-refractivity contribution in [2.75, 3.05) is 0 Å². The summed E-state index contributed by atoms with van der Waals surface area (Å²) in [7, 11) is 0. The monoisotopic (exact) mass is 333 g/mol. The molecule has 23 heavy (non-hydrogen) atoms. The predicted octanol–water partition coefficient (Wildman–Crippen LogP) is 3.30. The molecule has 0 unspecified atom stereocenters. The lowest BCUT2D eigenvalue weighted by atomic mass is 10.2. The number of benzene rings is 1. The Hall–Kier alpha value is -2.67. The Morgan fingerprint density at radius 2 is 2.26 bits per heavy atom. The van der Waals surface area contributed by atoms with Gasteiger partial charge in [0.25, 0.3) is 5.89 Å². The Kier molecular flexibility index (Phi) is 4.38. The molecular formula is C15H12ClN3O4. The van der Waals surface area contributed by atoms with Crippen LogP contribution < -0.4 is 0 Å². The van der Waals surface area contributed by atoms with Crippen LogP contribution >= 0.6 is 11.6 Å². The first-order valence-corrected chi connectivity index (χ1v) is 7.23. The minimum atomic E-state index is -0.599. The molecule has 0 radical (unpaired) electrons. The van der Waals surface area contributed by atoms with Crippen molar-refractivity contribution in [3.05, 3.63) is 53.0 Å². The van der Waals surface area contributed by atoms with Gasteiger partial charge in [-0.2, -0.15) is 4.98 Å². The number of hydrogen-bond donors (Lipinski definition) is 0. The van der Waals surface area contributed by atoms with Crippen molar-refractivity contribution >= 4 is 17.6 Å². The molecule has 1 aromatic carbocycles. The summed E-state index contributed by atoms with van der Waals surface area (Å²) in [4.78, 5) is 19.9. The van der Waals surface area contributed by atoms with Gasteiger partial charge in [-0.1, -0.05) is 35.8 Å². The van der Waals surface area contributed by atoms with Crippen LogP contribution in [0.25, 0.3) is 11.4 Å². The van der Waals surface area contributed by atoms with E-state index in [0.717, 1.165) is 0 Å². The van der Waals surface area contributed by atoms with Gasteiger partial charge in [-0.05, 0) is 12.1 Å². The largest absolute Gasteiger partial charge is 0.451 e. The normalized spacial score (nSPS) is 10.7. The fourth-order valence-electron chi connectivity index (χ4n) is 1.94. The van der Waals surface area contributed by atoms with Crippen LogP contribution in [0.2, 0.25) is 5.02 Å². The highest BCUT2D eigenvalue weighted by Crippen LogP contribution is 2.20. The number of rotatable bonds is 5. The molecular weight excluding hydrogens is 322 g/mol. The maximum absolute atomic E-state index is 11.9. The molecule has 0 N–H and O–H groups in total. The van der Waals surface area contributed by atoms with Crippen molar-refractivity contribution in [2.45, 2.75) is 20.0 Å². The zero-order chi connectivity index (χ0) is 16.2. The number of aromatic nitrogens is 3. The molecule has 3 rings (SSSR count). The zero-order valence-corrected chi connectivity index (χ0v) is 12.9. The highest BCUT2D eigenvalue weighted by Gasteiger charge is 2.18. The van der Waals surface area contributed by atoms with Gasteiger partial charge in [0.05, 0.1) is 0 Å². The van der Waals surface area contributed by atoms with E-state index >= 15 is 0 Å². The molecule has 7 nitrogen and oxygen atoms in total. The lowest BCUT2D eigenvalue weighted by Crippen LogP contribution is -2.08. The van der Waals surface area contributed by atoms with Crippen molar-refractivity contribution < 1.29 is 18.5 Å². The van der Waals surface area contributed by atoms with Crippen molar-refractivity contribution in [3.63, 3.8) is 0 Å². The van der Waals surface area contributed by atoms with Crippen LogP contribution in [0.4, 0.5) is 0 Å². The molecule has 2 heterocycles. The van der Waals surface area contributed by atoms with E-state index in [1.807, 2.05) is 6.92 Å². The molecule has 8 heteroatoms. The summed E-state index contributed by atoms with van der Waals surface area (Å²) in [6.07, 6.45) is 1.75. The summed E-state index contributed by atoms with van der Waals surface area (Å²) in [6, 6.07) is 7.04. The van der Waals surface area contributed by atoms with Gasteiger partial charge in [-0.25, -0.2) is 9.78 Å². The lowest BCUT2D eigenvalue weighted by Gasteiger charge is -1.99. The minimum absolute atomic E-state index is 0.150. The van der Waals surface area contributed by atoms with Crippen LogP contribution in [-0.4, -0.2) is 21.1 Å². The molecule has 0 amide bonds. The number of esters is 1. The minimum Gasteiger partial charge on any atom is -0.451 e. The maximum Gasteiger partial charge on any atom is 0.361 e. The smallest absolute Gasteiger partial charge is 0.361 e. The lowest BCUT2D eigenvalue weighted by molar-refractivity contribution is 0.0421. The number of aryl methyl sites for hydroxylation is 1. The second-order valence-corrected chi connectivity index (χ2v) is 5.01. The average molecular weight is 334 g/mol. The molecule has 0 saturated carbocycles. The van der Waals surface area contributed by atoms with Crippen LogP contribution in [0.3, 0.4) is 0 Å². The molecule has 0 fully saturated rings. The van der Waals surface area contributed by atoms with Crippen LogP contribution in [0.1, 0.15) is 29.1 Å². The summed E-state index contributed by atoms with van der Waals surface area (Å²) >= 11 is 5.92. The summed E-state index contributed by atoms with van der Waals surface area (Å²) in [6.45, 7) is 1.70. The second kappa shape index (κ2) is 6.62.